The number of piperazine rings is 1. The average Bonchev–Trinajstić information content (AvgIpc) is 2.68. The summed E-state index contributed by atoms with van der Waals surface area (Å²) in [6.07, 6.45) is 3.45. The van der Waals surface area contributed by atoms with Crippen LogP contribution in [0.4, 0.5) is 5.69 Å². The van der Waals surface area contributed by atoms with Gasteiger partial charge in [0.1, 0.15) is 0 Å². The SMILES string of the molecule is C[C@@H]1CCCCN1C(=O)CN1CCN(C(=O)c2ccc(N(C)C)cc2)CC1. The van der Waals surface area contributed by atoms with Crippen LogP contribution in [0.2, 0.25) is 0 Å². The highest BCUT2D eigenvalue weighted by Gasteiger charge is 2.27. The predicted molar refractivity (Wildman–Crippen MR) is 108 cm³/mol. The Hall–Kier alpha value is -2.08. The first-order valence-corrected chi connectivity index (χ1v) is 10.0. The molecule has 6 heteroatoms. The molecule has 0 aliphatic carbocycles. The third-order valence-electron chi connectivity index (χ3n) is 5.77. The first-order valence-electron chi connectivity index (χ1n) is 10.0. The average molecular weight is 373 g/mol. The van der Waals surface area contributed by atoms with Crippen molar-refractivity contribution in [1.29, 1.82) is 0 Å². The van der Waals surface area contributed by atoms with Gasteiger partial charge in [-0.05, 0) is 50.5 Å². The van der Waals surface area contributed by atoms with Gasteiger partial charge in [-0.1, -0.05) is 0 Å². The number of carbonyl (C=O) groups is 2. The van der Waals surface area contributed by atoms with Gasteiger partial charge >= 0.3 is 0 Å². The number of piperidine rings is 1. The van der Waals surface area contributed by atoms with Crippen LogP contribution in [0.25, 0.3) is 0 Å². The van der Waals surface area contributed by atoms with E-state index in [0.29, 0.717) is 25.7 Å². The number of hydrogen-bond acceptors (Lipinski definition) is 4. The lowest BCUT2D eigenvalue weighted by Gasteiger charge is -2.38. The summed E-state index contributed by atoms with van der Waals surface area (Å²) in [4.78, 5) is 33.5. The quantitative estimate of drug-likeness (QED) is 0.810. The fourth-order valence-electron chi connectivity index (χ4n) is 3.94. The van der Waals surface area contributed by atoms with Crippen molar-refractivity contribution < 1.29 is 9.59 Å². The fourth-order valence-corrected chi connectivity index (χ4v) is 3.94. The van der Waals surface area contributed by atoms with Crippen molar-refractivity contribution in [3.8, 4) is 0 Å². The Morgan fingerprint density at radius 3 is 2.26 bits per heavy atom. The molecule has 2 heterocycles. The molecule has 2 amide bonds. The minimum atomic E-state index is 0.0796. The molecule has 2 aliphatic heterocycles. The fraction of sp³-hybridized carbons (Fsp3) is 0.619. The Morgan fingerprint density at radius 1 is 1.00 bits per heavy atom. The van der Waals surface area contributed by atoms with Crippen LogP contribution in [-0.4, -0.2) is 85.9 Å². The van der Waals surface area contributed by atoms with E-state index in [4.69, 9.17) is 0 Å². The van der Waals surface area contributed by atoms with Gasteiger partial charge in [-0.15, -0.1) is 0 Å². The smallest absolute Gasteiger partial charge is 0.253 e. The van der Waals surface area contributed by atoms with Crippen LogP contribution < -0.4 is 4.90 Å². The Labute approximate surface area is 162 Å². The number of hydrogen-bond donors (Lipinski definition) is 0. The third kappa shape index (κ3) is 4.80. The van der Waals surface area contributed by atoms with E-state index in [1.165, 1.54) is 6.42 Å². The summed E-state index contributed by atoms with van der Waals surface area (Å²) < 4.78 is 0. The van der Waals surface area contributed by atoms with Crippen LogP contribution in [0, 0.1) is 0 Å². The van der Waals surface area contributed by atoms with Gasteiger partial charge in [0.2, 0.25) is 5.91 Å². The molecule has 0 bridgehead atoms. The van der Waals surface area contributed by atoms with Crippen molar-refractivity contribution in [3.63, 3.8) is 0 Å². The second kappa shape index (κ2) is 8.74. The maximum atomic E-state index is 12.7. The molecule has 2 aliphatic rings. The zero-order chi connectivity index (χ0) is 19.4. The molecule has 0 aromatic heterocycles. The summed E-state index contributed by atoms with van der Waals surface area (Å²) in [6, 6.07) is 8.10. The maximum absolute atomic E-state index is 12.7. The van der Waals surface area contributed by atoms with Crippen molar-refractivity contribution in [2.75, 3.05) is 58.3 Å². The topological polar surface area (TPSA) is 47.1 Å². The Morgan fingerprint density at radius 2 is 1.67 bits per heavy atom. The van der Waals surface area contributed by atoms with Gasteiger partial charge in [0, 0.05) is 64.1 Å². The highest BCUT2D eigenvalue weighted by Crippen LogP contribution is 2.18. The van der Waals surface area contributed by atoms with Crippen LogP contribution in [0.5, 0.6) is 0 Å². The molecular weight excluding hydrogens is 340 g/mol. The van der Waals surface area contributed by atoms with Gasteiger partial charge in [-0.25, -0.2) is 0 Å². The van der Waals surface area contributed by atoms with Gasteiger partial charge in [0.05, 0.1) is 6.54 Å². The van der Waals surface area contributed by atoms with Crippen molar-refractivity contribution in [2.45, 2.75) is 32.2 Å². The predicted octanol–water partition coefficient (Wildman–Crippen LogP) is 1.91. The molecule has 2 fully saturated rings. The molecule has 1 atom stereocenters. The number of likely N-dealkylation sites (tertiary alicyclic amines) is 1. The summed E-state index contributed by atoms with van der Waals surface area (Å²) >= 11 is 0. The van der Waals surface area contributed by atoms with Crippen LogP contribution in [0.1, 0.15) is 36.5 Å². The lowest BCUT2D eigenvalue weighted by atomic mass is 10.0. The Kier molecular flexibility index (Phi) is 6.37. The third-order valence-corrected chi connectivity index (χ3v) is 5.77. The molecule has 1 aromatic rings. The van der Waals surface area contributed by atoms with E-state index in [0.717, 1.165) is 43.7 Å². The summed E-state index contributed by atoms with van der Waals surface area (Å²) in [5.74, 6) is 0.317. The minimum absolute atomic E-state index is 0.0796. The monoisotopic (exact) mass is 372 g/mol. The summed E-state index contributed by atoms with van der Waals surface area (Å²) in [5, 5.41) is 0. The second-order valence-corrected chi connectivity index (χ2v) is 7.94. The Balaban J connectivity index is 1.49. The first-order chi connectivity index (χ1) is 13.0. The van der Waals surface area contributed by atoms with Gasteiger partial charge < -0.3 is 14.7 Å². The molecule has 0 unspecified atom stereocenters. The van der Waals surface area contributed by atoms with E-state index < -0.39 is 0 Å². The lowest BCUT2D eigenvalue weighted by molar-refractivity contribution is -0.136. The van der Waals surface area contributed by atoms with Crippen LogP contribution in [0.15, 0.2) is 24.3 Å². The van der Waals surface area contributed by atoms with E-state index in [9.17, 15) is 9.59 Å². The minimum Gasteiger partial charge on any atom is -0.378 e. The van der Waals surface area contributed by atoms with E-state index >= 15 is 0 Å². The largest absolute Gasteiger partial charge is 0.378 e. The van der Waals surface area contributed by atoms with E-state index in [2.05, 4.69) is 11.8 Å². The molecule has 2 saturated heterocycles. The summed E-state index contributed by atoms with van der Waals surface area (Å²) in [5.41, 5.74) is 1.81. The molecule has 0 radical (unpaired) electrons. The number of benzene rings is 1. The molecule has 0 saturated carbocycles. The number of anilines is 1. The molecule has 3 rings (SSSR count). The zero-order valence-corrected chi connectivity index (χ0v) is 16.9. The summed E-state index contributed by atoms with van der Waals surface area (Å²) in [7, 11) is 3.98. The molecule has 1 aromatic carbocycles. The molecule has 0 N–H and O–H groups in total. The lowest BCUT2D eigenvalue weighted by Crippen LogP contribution is -2.53. The number of carbonyl (C=O) groups excluding carboxylic acids is 2. The van der Waals surface area contributed by atoms with Crippen molar-refractivity contribution in [3.05, 3.63) is 29.8 Å². The van der Waals surface area contributed by atoms with Crippen LogP contribution in [-0.2, 0) is 4.79 Å². The maximum Gasteiger partial charge on any atom is 0.253 e. The van der Waals surface area contributed by atoms with Gasteiger partial charge in [0.15, 0.2) is 0 Å². The van der Waals surface area contributed by atoms with Crippen molar-refractivity contribution >= 4 is 17.5 Å². The van der Waals surface area contributed by atoms with E-state index in [1.807, 2.05) is 53.1 Å². The van der Waals surface area contributed by atoms with Crippen LogP contribution in [0.3, 0.4) is 0 Å². The van der Waals surface area contributed by atoms with Crippen molar-refractivity contribution in [1.82, 2.24) is 14.7 Å². The standard InChI is InChI=1S/C21H32N4O2/c1-17-6-4-5-11-25(17)20(26)16-23-12-14-24(15-13-23)21(27)18-7-9-19(10-8-18)22(2)3/h7-10,17H,4-6,11-16H2,1-3H3/t17-/m1/s1. The second-order valence-electron chi connectivity index (χ2n) is 7.94. The Bertz CT molecular complexity index is 651. The van der Waals surface area contributed by atoms with Gasteiger partial charge in [-0.2, -0.15) is 0 Å². The highest BCUT2D eigenvalue weighted by molar-refractivity contribution is 5.94. The molecule has 148 valence electrons. The zero-order valence-electron chi connectivity index (χ0n) is 16.9. The number of nitrogens with zero attached hydrogens (tertiary/aromatic N) is 4. The van der Waals surface area contributed by atoms with Gasteiger partial charge in [-0.3, -0.25) is 14.5 Å². The van der Waals surface area contributed by atoms with E-state index in [-0.39, 0.29) is 11.8 Å². The van der Waals surface area contributed by atoms with Gasteiger partial charge in [0.25, 0.3) is 5.91 Å². The first kappa shape index (κ1) is 19.7. The summed E-state index contributed by atoms with van der Waals surface area (Å²) in [6.45, 7) is 6.39. The van der Waals surface area contributed by atoms with E-state index in [1.54, 1.807) is 0 Å². The molecule has 0 spiro atoms. The number of rotatable bonds is 4. The molecule has 27 heavy (non-hydrogen) atoms. The highest BCUT2D eigenvalue weighted by atomic mass is 16.2. The number of amides is 2. The van der Waals surface area contributed by atoms with Crippen LogP contribution >= 0.6 is 0 Å². The molecule has 6 nitrogen and oxygen atoms in total. The van der Waals surface area contributed by atoms with Crippen molar-refractivity contribution in [2.24, 2.45) is 0 Å². The normalized spacial score (nSPS) is 21.2. The molecular formula is C21H32N4O2.